The van der Waals surface area contributed by atoms with Gasteiger partial charge >= 0.3 is 6.36 Å². The molecular formula is C19H17F3N2O4S. The minimum absolute atomic E-state index is 0.357. The molecule has 0 aliphatic carbocycles. The van der Waals surface area contributed by atoms with E-state index in [-0.39, 0.29) is 5.75 Å². The molecule has 0 aliphatic rings. The maximum Gasteiger partial charge on any atom is 0.573 e. The normalized spacial score (nSPS) is 12.7. The maximum atomic E-state index is 12.2. The van der Waals surface area contributed by atoms with E-state index >= 15 is 0 Å². The van der Waals surface area contributed by atoms with Crippen LogP contribution < -0.4 is 10.1 Å². The van der Waals surface area contributed by atoms with Gasteiger partial charge in [-0.1, -0.05) is 24.3 Å². The number of benzene rings is 2. The minimum atomic E-state index is -4.80. The second-order valence-corrected chi connectivity index (χ2v) is 8.31. The molecule has 6 nitrogen and oxygen atoms in total. The van der Waals surface area contributed by atoms with E-state index < -0.39 is 39.7 Å². The van der Waals surface area contributed by atoms with Gasteiger partial charge in [0.25, 0.3) is 0 Å². The summed E-state index contributed by atoms with van der Waals surface area (Å²) in [7, 11) is -3.75. The SMILES string of the molecule is C[C@H](NC(=O)CS(=O)(=O)Cc1ccc(C#N)cc1)c1ccc(OC(F)(F)F)cc1. The number of carbonyl (C=O) groups excluding carboxylic acids is 1. The van der Waals surface area contributed by atoms with Gasteiger partial charge < -0.3 is 10.1 Å². The molecule has 1 atom stereocenters. The number of nitriles is 1. The fourth-order valence-corrected chi connectivity index (χ4v) is 3.79. The smallest absolute Gasteiger partial charge is 0.406 e. The number of halogens is 3. The highest BCUT2D eigenvalue weighted by Gasteiger charge is 2.31. The van der Waals surface area contributed by atoms with Gasteiger partial charge in [0.2, 0.25) is 5.91 Å². The van der Waals surface area contributed by atoms with Crippen LogP contribution in [0.3, 0.4) is 0 Å². The fraction of sp³-hybridized carbons (Fsp3) is 0.263. The highest BCUT2D eigenvalue weighted by Crippen LogP contribution is 2.24. The molecule has 1 amide bonds. The first-order chi connectivity index (χ1) is 13.5. The van der Waals surface area contributed by atoms with Crippen LogP contribution in [-0.2, 0) is 20.4 Å². The third-order valence-electron chi connectivity index (χ3n) is 3.81. The number of hydrogen-bond donors (Lipinski definition) is 1. The van der Waals surface area contributed by atoms with Crippen molar-refractivity contribution >= 4 is 15.7 Å². The maximum absolute atomic E-state index is 12.2. The topological polar surface area (TPSA) is 96.3 Å². The van der Waals surface area contributed by atoms with Gasteiger partial charge in [-0.15, -0.1) is 13.2 Å². The van der Waals surface area contributed by atoms with Crippen LogP contribution in [0, 0.1) is 11.3 Å². The highest BCUT2D eigenvalue weighted by atomic mass is 32.2. The molecule has 0 spiro atoms. The lowest BCUT2D eigenvalue weighted by atomic mass is 10.1. The summed E-state index contributed by atoms with van der Waals surface area (Å²) >= 11 is 0. The Bertz CT molecular complexity index is 996. The van der Waals surface area contributed by atoms with Crippen LogP contribution in [0.4, 0.5) is 13.2 Å². The molecule has 2 aromatic rings. The van der Waals surface area contributed by atoms with Gasteiger partial charge in [0.15, 0.2) is 9.84 Å². The molecule has 0 unspecified atom stereocenters. The van der Waals surface area contributed by atoms with Crippen LogP contribution in [0.25, 0.3) is 0 Å². The molecule has 2 rings (SSSR count). The molecule has 0 bridgehead atoms. The Labute approximate surface area is 165 Å². The largest absolute Gasteiger partial charge is 0.573 e. The molecule has 2 aromatic carbocycles. The standard InChI is InChI=1S/C19H17F3N2O4S/c1-13(16-6-8-17(9-7-16)28-19(20,21)22)24-18(25)12-29(26,27)11-15-4-2-14(10-23)3-5-15/h2-9,13H,11-12H2,1H3,(H,24,25)/t13-/m0/s1. The summed E-state index contributed by atoms with van der Waals surface area (Å²) in [4.78, 5) is 12.1. The van der Waals surface area contributed by atoms with Crippen LogP contribution in [0.15, 0.2) is 48.5 Å². The van der Waals surface area contributed by atoms with Crippen molar-refractivity contribution in [1.82, 2.24) is 5.32 Å². The predicted octanol–water partition coefficient (Wildman–Crippen LogP) is 3.25. The van der Waals surface area contributed by atoms with E-state index in [9.17, 15) is 26.4 Å². The van der Waals surface area contributed by atoms with Crippen LogP contribution in [-0.4, -0.2) is 26.4 Å². The highest BCUT2D eigenvalue weighted by molar-refractivity contribution is 7.91. The minimum Gasteiger partial charge on any atom is -0.406 e. The molecule has 10 heteroatoms. The van der Waals surface area contributed by atoms with Crippen molar-refractivity contribution in [2.45, 2.75) is 25.1 Å². The summed E-state index contributed by atoms with van der Waals surface area (Å²) in [5.74, 6) is -2.23. The van der Waals surface area contributed by atoms with E-state index in [1.807, 2.05) is 6.07 Å². The molecular weight excluding hydrogens is 409 g/mol. The van der Waals surface area contributed by atoms with Gasteiger partial charge in [-0.25, -0.2) is 8.42 Å². The van der Waals surface area contributed by atoms with E-state index in [0.717, 1.165) is 12.1 Å². The predicted molar refractivity (Wildman–Crippen MR) is 98.3 cm³/mol. The molecule has 154 valence electrons. The Morgan fingerprint density at radius 1 is 1.14 bits per heavy atom. The quantitative estimate of drug-likeness (QED) is 0.733. The third-order valence-corrected chi connectivity index (χ3v) is 5.29. The van der Waals surface area contributed by atoms with Crippen LogP contribution in [0.5, 0.6) is 5.75 Å². The third kappa shape index (κ3) is 7.46. The molecule has 29 heavy (non-hydrogen) atoms. The van der Waals surface area contributed by atoms with Gasteiger partial charge in [-0.05, 0) is 42.3 Å². The Morgan fingerprint density at radius 3 is 2.24 bits per heavy atom. The number of nitrogens with zero attached hydrogens (tertiary/aromatic N) is 1. The van der Waals surface area contributed by atoms with Crippen LogP contribution in [0.2, 0.25) is 0 Å². The van der Waals surface area contributed by atoms with E-state index in [2.05, 4.69) is 10.1 Å². The van der Waals surface area contributed by atoms with Crippen LogP contribution in [0.1, 0.15) is 29.7 Å². The van der Waals surface area contributed by atoms with Crippen molar-refractivity contribution in [3.8, 4) is 11.8 Å². The summed E-state index contributed by atoms with van der Waals surface area (Å²) in [6.45, 7) is 1.57. The second-order valence-electron chi connectivity index (χ2n) is 6.25. The Balaban J connectivity index is 1.93. The number of sulfone groups is 1. The number of nitrogens with one attached hydrogen (secondary N) is 1. The number of amides is 1. The molecule has 0 aliphatic heterocycles. The first-order valence-electron chi connectivity index (χ1n) is 8.32. The van der Waals surface area contributed by atoms with Gasteiger partial charge in [0.05, 0.1) is 23.4 Å². The lowest BCUT2D eigenvalue weighted by Gasteiger charge is -2.15. The van der Waals surface area contributed by atoms with E-state index in [1.165, 1.54) is 36.4 Å². The zero-order valence-electron chi connectivity index (χ0n) is 15.2. The van der Waals surface area contributed by atoms with Crippen molar-refractivity contribution in [3.05, 3.63) is 65.2 Å². The van der Waals surface area contributed by atoms with E-state index in [4.69, 9.17) is 5.26 Å². The number of alkyl halides is 3. The summed E-state index contributed by atoms with van der Waals surface area (Å²) < 4.78 is 64.7. The molecule has 0 fully saturated rings. The number of ether oxygens (including phenoxy) is 1. The Kier molecular flexibility index (Phi) is 6.87. The number of rotatable bonds is 7. The lowest BCUT2D eigenvalue weighted by Crippen LogP contribution is -2.32. The van der Waals surface area contributed by atoms with Gasteiger partial charge in [0.1, 0.15) is 11.5 Å². The first-order valence-corrected chi connectivity index (χ1v) is 10.1. The summed E-state index contributed by atoms with van der Waals surface area (Å²) in [6.07, 6.45) is -4.80. The summed E-state index contributed by atoms with van der Waals surface area (Å²) in [5.41, 5.74) is 1.33. The summed E-state index contributed by atoms with van der Waals surface area (Å²) in [5, 5.41) is 11.2. The lowest BCUT2D eigenvalue weighted by molar-refractivity contribution is -0.274. The van der Waals surface area contributed by atoms with E-state index in [0.29, 0.717) is 16.7 Å². The molecule has 0 aromatic heterocycles. The molecule has 0 heterocycles. The molecule has 0 radical (unpaired) electrons. The average molecular weight is 426 g/mol. The average Bonchev–Trinajstić information content (AvgIpc) is 2.60. The van der Waals surface area contributed by atoms with Crippen molar-refractivity contribution in [3.63, 3.8) is 0 Å². The first kappa shape index (κ1) is 22.2. The molecule has 0 saturated heterocycles. The molecule has 1 N–H and O–H groups in total. The zero-order chi connectivity index (χ0) is 21.7. The van der Waals surface area contributed by atoms with E-state index in [1.54, 1.807) is 6.92 Å². The fourth-order valence-electron chi connectivity index (χ4n) is 2.50. The number of carbonyl (C=O) groups is 1. The van der Waals surface area contributed by atoms with Crippen molar-refractivity contribution in [1.29, 1.82) is 5.26 Å². The van der Waals surface area contributed by atoms with Crippen molar-refractivity contribution < 1.29 is 31.1 Å². The summed E-state index contributed by atoms with van der Waals surface area (Å²) in [6, 6.07) is 12.2. The zero-order valence-corrected chi connectivity index (χ0v) is 16.0. The second kappa shape index (κ2) is 8.96. The monoisotopic (exact) mass is 426 g/mol. The van der Waals surface area contributed by atoms with Crippen molar-refractivity contribution in [2.24, 2.45) is 0 Å². The number of hydrogen-bond acceptors (Lipinski definition) is 5. The van der Waals surface area contributed by atoms with Gasteiger partial charge in [-0.2, -0.15) is 5.26 Å². The van der Waals surface area contributed by atoms with Crippen LogP contribution >= 0.6 is 0 Å². The molecule has 0 saturated carbocycles. The Hall–Kier alpha value is -3.06. The van der Waals surface area contributed by atoms with Gasteiger partial charge in [-0.3, -0.25) is 4.79 Å². The Morgan fingerprint density at radius 2 is 1.72 bits per heavy atom. The van der Waals surface area contributed by atoms with Crippen molar-refractivity contribution in [2.75, 3.05) is 5.75 Å². The van der Waals surface area contributed by atoms with Gasteiger partial charge in [0, 0.05) is 0 Å².